The van der Waals surface area contributed by atoms with Gasteiger partial charge in [0.15, 0.2) is 0 Å². The predicted molar refractivity (Wildman–Crippen MR) is 77.0 cm³/mol. The average Bonchev–Trinajstić information content (AvgIpc) is 3.22. The monoisotopic (exact) mass is 264 g/mol. The van der Waals surface area contributed by atoms with Crippen LogP contribution in [0.1, 0.15) is 58.3 Å². The lowest BCUT2D eigenvalue weighted by Gasteiger charge is -2.53. The summed E-state index contributed by atoms with van der Waals surface area (Å²) in [6.07, 6.45) is 9.89. The number of hydrogen-bond acceptors (Lipinski definition) is 2. The third-order valence-electron chi connectivity index (χ3n) is 5.34. The zero-order chi connectivity index (χ0) is 13.3. The van der Waals surface area contributed by atoms with Crippen molar-refractivity contribution in [3.05, 3.63) is 0 Å². The van der Waals surface area contributed by atoms with Gasteiger partial charge in [0.2, 0.25) is 5.91 Å². The first-order valence-electron chi connectivity index (χ1n) is 8.26. The SMILES string of the molecule is CCCC12CCCCN1CCN(C(=O)CC1CC1)C2. The fourth-order valence-electron chi connectivity index (χ4n) is 4.09. The minimum atomic E-state index is 0.324. The third kappa shape index (κ3) is 2.81. The van der Waals surface area contributed by atoms with Crippen LogP contribution >= 0.6 is 0 Å². The molecule has 2 aliphatic heterocycles. The fraction of sp³-hybridized carbons (Fsp3) is 0.938. The van der Waals surface area contributed by atoms with E-state index in [1.807, 2.05) is 0 Å². The molecular formula is C16H28N2O. The van der Waals surface area contributed by atoms with Gasteiger partial charge >= 0.3 is 0 Å². The van der Waals surface area contributed by atoms with Crippen LogP contribution in [0.5, 0.6) is 0 Å². The average molecular weight is 264 g/mol. The number of amides is 1. The molecule has 3 nitrogen and oxygen atoms in total. The molecule has 3 fully saturated rings. The second-order valence-corrected chi connectivity index (χ2v) is 6.88. The molecule has 0 radical (unpaired) electrons. The van der Waals surface area contributed by atoms with Crippen LogP contribution in [-0.4, -0.2) is 47.4 Å². The summed E-state index contributed by atoms with van der Waals surface area (Å²) in [6, 6.07) is 0. The quantitative estimate of drug-likeness (QED) is 0.779. The largest absolute Gasteiger partial charge is 0.340 e. The van der Waals surface area contributed by atoms with Crippen LogP contribution in [0.4, 0.5) is 0 Å². The summed E-state index contributed by atoms with van der Waals surface area (Å²) in [6.45, 7) is 6.62. The molecule has 1 unspecified atom stereocenters. The van der Waals surface area contributed by atoms with Crippen molar-refractivity contribution in [1.29, 1.82) is 0 Å². The first-order chi connectivity index (χ1) is 9.23. The highest BCUT2D eigenvalue weighted by Crippen LogP contribution is 2.37. The molecule has 3 rings (SSSR count). The van der Waals surface area contributed by atoms with Gasteiger partial charge in [0.25, 0.3) is 0 Å². The molecule has 0 aromatic carbocycles. The van der Waals surface area contributed by atoms with E-state index in [0.29, 0.717) is 11.4 Å². The summed E-state index contributed by atoms with van der Waals surface area (Å²) in [5.74, 6) is 1.15. The Hall–Kier alpha value is -0.570. The number of nitrogens with zero attached hydrogens (tertiary/aromatic N) is 2. The molecule has 108 valence electrons. The Morgan fingerprint density at radius 1 is 1.21 bits per heavy atom. The first-order valence-corrected chi connectivity index (χ1v) is 8.26. The predicted octanol–water partition coefficient (Wildman–Crippen LogP) is 2.65. The van der Waals surface area contributed by atoms with Crippen LogP contribution in [0.3, 0.4) is 0 Å². The summed E-state index contributed by atoms with van der Waals surface area (Å²) < 4.78 is 0. The van der Waals surface area contributed by atoms with E-state index in [0.717, 1.165) is 32.0 Å². The zero-order valence-corrected chi connectivity index (χ0v) is 12.4. The fourth-order valence-corrected chi connectivity index (χ4v) is 4.09. The number of hydrogen-bond donors (Lipinski definition) is 0. The summed E-state index contributed by atoms with van der Waals surface area (Å²) in [5.41, 5.74) is 0.324. The van der Waals surface area contributed by atoms with Crippen molar-refractivity contribution in [2.45, 2.75) is 63.8 Å². The van der Waals surface area contributed by atoms with E-state index < -0.39 is 0 Å². The van der Waals surface area contributed by atoms with Crippen molar-refractivity contribution in [2.75, 3.05) is 26.2 Å². The summed E-state index contributed by atoms with van der Waals surface area (Å²) in [4.78, 5) is 17.3. The lowest BCUT2D eigenvalue weighted by molar-refractivity contribution is -0.139. The van der Waals surface area contributed by atoms with E-state index in [4.69, 9.17) is 0 Å². The molecule has 19 heavy (non-hydrogen) atoms. The van der Waals surface area contributed by atoms with Crippen LogP contribution in [-0.2, 0) is 4.79 Å². The standard InChI is InChI=1S/C16H28N2O/c1-2-7-16-8-3-4-9-18(16)11-10-17(13-16)15(19)12-14-5-6-14/h14H,2-13H2,1H3. The molecule has 1 amide bonds. The van der Waals surface area contributed by atoms with E-state index >= 15 is 0 Å². The van der Waals surface area contributed by atoms with Gasteiger partial charge in [-0.25, -0.2) is 0 Å². The minimum Gasteiger partial charge on any atom is -0.340 e. The highest BCUT2D eigenvalue weighted by Gasteiger charge is 2.43. The van der Waals surface area contributed by atoms with E-state index in [1.165, 1.54) is 51.5 Å². The Balaban J connectivity index is 1.67. The number of carbonyl (C=O) groups is 1. The van der Waals surface area contributed by atoms with E-state index in [-0.39, 0.29) is 0 Å². The van der Waals surface area contributed by atoms with Gasteiger partial charge in [-0.2, -0.15) is 0 Å². The van der Waals surface area contributed by atoms with E-state index in [1.54, 1.807) is 0 Å². The van der Waals surface area contributed by atoms with Crippen LogP contribution in [0, 0.1) is 5.92 Å². The van der Waals surface area contributed by atoms with Crippen molar-refractivity contribution in [2.24, 2.45) is 5.92 Å². The molecule has 1 atom stereocenters. The van der Waals surface area contributed by atoms with Gasteiger partial charge in [-0.15, -0.1) is 0 Å². The van der Waals surface area contributed by atoms with Gasteiger partial charge in [-0.05, 0) is 44.6 Å². The molecule has 1 saturated carbocycles. The molecule has 2 heterocycles. The lowest BCUT2D eigenvalue weighted by atomic mass is 9.80. The Kier molecular flexibility index (Phi) is 3.84. The van der Waals surface area contributed by atoms with E-state index in [2.05, 4.69) is 16.7 Å². The number of fused-ring (bicyclic) bond motifs is 1. The van der Waals surface area contributed by atoms with Crippen molar-refractivity contribution in [3.8, 4) is 0 Å². The van der Waals surface area contributed by atoms with Gasteiger partial charge in [0.05, 0.1) is 0 Å². The summed E-state index contributed by atoms with van der Waals surface area (Å²) in [7, 11) is 0. The minimum absolute atomic E-state index is 0.324. The van der Waals surface area contributed by atoms with Crippen molar-refractivity contribution in [3.63, 3.8) is 0 Å². The molecule has 0 spiro atoms. The van der Waals surface area contributed by atoms with Gasteiger partial charge in [0, 0.05) is 31.6 Å². The smallest absolute Gasteiger partial charge is 0.222 e. The van der Waals surface area contributed by atoms with E-state index in [9.17, 15) is 4.79 Å². The molecule has 3 aliphatic rings. The first kappa shape index (κ1) is 13.4. The number of piperazine rings is 1. The van der Waals surface area contributed by atoms with Crippen molar-refractivity contribution >= 4 is 5.91 Å². The Morgan fingerprint density at radius 2 is 2.05 bits per heavy atom. The maximum absolute atomic E-state index is 12.4. The molecule has 0 bridgehead atoms. The normalized spacial score (nSPS) is 32.2. The molecule has 3 heteroatoms. The van der Waals surface area contributed by atoms with Crippen LogP contribution in [0.2, 0.25) is 0 Å². The van der Waals surface area contributed by atoms with Crippen LogP contribution in [0.25, 0.3) is 0 Å². The third-order valence-corrected chi connectivity index (χ3v) is 5.34. The summed E-state index contributed by atoms with van der Waals surface area (Å²) in [5, 5.41) is 0. The molecular weight excluding hydrogens is 236 g/mol. The van der Waals surface area contributed by atoms with Gasteiger partial charge in [-0.3, -0.25) is 9.69 Å². The number of carbonyl (C=O) groups excluding carboxylic acids is 1. The van der Waals surface area contributed by atoms with Crippen molar-refractivity contribution < 1.29 is 4.79 Å². The lowest BCUT2D eigenvalue weighted by Crippen LogP contribution is -2.64. The van der Waals surface area contributed by atoms with Gasteiger partial charge < -0.3 is 4.90 Å². The Labute approximate surface area is 117 Å². The van der Waals surface area contributed by atoms with Crippen molar-refractivity contribution in [1.82, 2.24) is 9.80 Å². The van der Waals surface area contributed by atoms with Gasteiger partial charge in [0.1, 0.15) is 0 Å². The van der Waals surface area contributed by atoms with Crippen LogP contribution in [0.15, 0.2) is 0 Å². The molecule has 0 aromatic heterocycles. The second-order valence-electron chi connectivity index (χ2n) is 6.88. The Bertz CT molecular complexity index is 336. The molecule has 0 aromatic rings. The highest BCUT2D eigenvalue weighted by atomic mass is 16.2. The number of piperidine rings is 1. The van der Waals surface area contributed by atoms with Gasteiger partial charge in [-0.1, -0.05) is 19.8 Å². The maximum atomic E-state index is 12.4. The summed E-state index contributed by atoms with van der Waals surface area (Å²) >= 11 is 0. The van der Waals surface area contributed by atoms with Crippen LogP contribution < -0.4 is 0 Å². The molecule has 2 saturated heterocycles. The molecule has 1 aliphatic carbocycles. The maximum Gasteiger partial charge on any atom is 0.222 e. The Morgan fingerprint density at radius 3 is 2.79 bits per heavy atom. The number of rotatable bonds is 4. The zero-order valence-electron chi connectivity index (χ0n) is 12.4. The topological polar surface area (TPSA) is 23.6 Å². The molecule has 0 N–H and O–H groups in total. The highest BCUT2D eigenvalue weighted by molar-refractivity contribution is 5.77. The second kappa shape index (κ2) is 5.43.